The van der Waals surface area contributed by atoms with E-state index < -0.39 is 5.91 Å². The fraction of sp³-hybridized carbons (Fsp3) is 0.222. The maximum Gasteiger partial charge on any atom is 0.252 e. The first-order valence-electron chi connectivity index (χ1n) is 3.92. The molecule has 0 saturated carbocycles. The van der Waals surface area contributed by atoms with Crippen LogP contribution in [-0.4, -0.2) is 20.1 Å². The highest BCUT2D eigenvalue weighted by Crippen LogP contribution is 2.42. The topological polar surface area (TPSA) is 61.5 Å². The first-order valence-corrected chi connectivity index (χ1v) is 5.51. The van der Waals surface area contributed by atoms with E-state index in [4.69, 9.17) is 15.2 Å². The minimum atomic E-state index is -0.559. The molecule has 15 heavy (non-hydrogen) atoms. The largest absolute Gasteiger partial charge is 0.495 e. The van der Waals surface area contributed by atoms with Gasteiger partial charge in [-0.15, -0.1) is 0 Å². The number of rotatable bonds is 3. The van der Waals surface area contributed by atoms with Crippen LogP contribution in [0.1, 0.15) is 10.4 Å². The number of methoxy groups -OCH3 is 2. The SMILES string of the molecule is COc1c(Br)cc(C(N)=O)c(OC)c1Br. The predicted octanol–water partition coefficient (Wildman–Crippen LogP) is 2.33. The lowest BCUT2D eigenvalue weighted by Gasteiger charge is -2.13. The molecule has 82 valence electrons. The van der Waals surface area contributed by atoms with E-state index in [9.17, 15) is 4.79 Å². The molecule has 1 amide bonds. The zero-order chi connectivity index (χ0) is 11.6. The zero-order valence-electron chi connectivity index (χ0n) is 8.14. The molecular weight excluding hydrogens is 330 g/mol. The molecule has 0 fully saturated rings. The maximum absolute atomic E-state index is 11.1. The number of benzene rings is 1. The van der Waals surface area contributed by atoms with Crippen molar-refractivity contribution >= 4 is 37.8 Å². The molecule has 6 heteroatoms. The summed E-state index contributed by atoms with van der Waals surface area (Å²) in [6, 6.07) is 1.56. The standard InChI is InChI=1S/C9H9Br2NO3/c1-14-7-4(9(12)13)3-5(10)8(15-2)6(7)11/h3H,1-2H3,(H2,12,13). The molecule has 0 saturated heterocycles. The number of nitrogens with two attached hydrogens (primary N) is 1. The van der Waals surface area contributed by atoms with Crippen LogP contribution < -0.4 is 15.2 Å². The first-order chi connectivity index (χ1) is 7.02. The normalized spacial score (nSPS) is 9.87. The minimum absolute atomic E-state index is 0.289. The van der Waals surface area contributed by atoms with E-state index in [1.165, 1.54) is 14.2 Å². The van der Waals surface area contributed by atoms with Crippen molar-refractivity contribution in [3.63, 3.8) is 0 Å². The molecule has 0 aromatic heterocycles. The van der Waals surface area contributed by atoms with E-state index in [-0.39, 0.29) is 5.56 Å². The molecule has 0 aliphatic rings. The number of hydrogen-bond acceptors (Lipinski definition) is 3. The number of hydrogen-bond donors (Lipinski definition) is 1. The van der Waals surface area contributed by atoms with Crippen LogP contribution in [-0.2, 0) is 0 Å². The van der Waals surface area contributed by atoms with Crippen LogP contribution >= 0.6 is 31.9 Å². The van der Waals surface area contributed by atoms with Gasteiger partial charge in [-0.3, -0.25) is 4.79 Å². The van der Waals surface area contributed by atoms with Gasteiger partial charge in [0.2, 0.25) is 0 Å². The van der Waals surface area contributed by atoms with Crippen molar-refractivity contribution in [2.75, 3.05) is 14.2 Å². The van der Waals surface area contributed by atoms with Crippen LogP contribution in [0, 0.1) is 0 Å². The van der Waals surface area contributed by atoms with Crippen LogP contribution in [0.15, 0.2) is 15.0 Å². The van der Waals surface area contributed by atoms with E-state index >= 15 is 0 Å². The summed E-state index contributed by atoms with van der Waals surface area (Å²) >= 11 is 6.56. The van der Waals surface area contributed by atoms with Crippen molar-refractivity contribution in [3.8, 4) is 11.5 Å². The Kier molecular flexibility index (Phi) is 3.98. The molecule has 2 N–H and O–H groups in total. The summed E-state index contributed by atoms with van der Waals surface area (Å²) in [5.74, 6) is 0.357. The van der Waals surface area contributed by atoms with Gasteiger partial charge in [-0.2, -0.15) is 0 Å². The smallest absolute Gasteiger partial charge is 0.252 e. The number of halogens is 2. The molecule has 0 aliphatic carbocycles. The molecule has 1 aromatic carbocycles. The van der Waals surface area contributed by atoms with Gasteiger partial charge in [0.25, 0.3) is 5.91 Å². The summed E-state index contributed by atoms with van der Waals surface area (Å²) < 4.78 is 11.4. The van der Waals surface area contributed by atoms with Crippen molar-refractivity contribution in [1.29, 1.82) is 0 Å². The van der Waals surface area contributed by atoms with E-state index in [2.05, 4.69) is 31.9 Å². The third kappa shape index (κ3) is 2.26. The van der Waals surface area contributed by atoms with Crippen LogP contribution in [0.2, 0.25) is 0 Å². The number of ether oxygens (including phenoxy) is 2. The summed E-state index contributed by atoms with van der Waals surface area (Å²) in [7, 11) is 2.98. The van der Waals surface area contributed by atoms with E-state index in [0.717, 1.165) is 0 Å². The van der Waals surface area contributed by atoms with Crippen LogP contribution in [0.3, 0.4) is 0 Å². The average molecular weight is 339 g/mol. The fourth-order valence-electron chi connectivity index (χ4n) is 1.15. The lowest BCUT2D eigenvalue weighted by molar-refractivity contribution is 0.0997. The van der Waals surface area contributed by atoms with Gasteiger partial charge in [-0.25, -0.2) is 0 Å². The zero-order valence-corrected chi connectivity index (χ0v) is 11.3. The highest BCUT2D eigenvalue weighted by Gasteiger charge is 2.19. The number of carbonyl (C=O) groups excluding carboxylic acids is 1. The van der Waals surface area contributed by atoms with Gasteiger partial charge in [0.1, 0.15) is 10.2 Å². The Morgan fingerprint density at radius 2 is 1.80 bits per heavy atom. The average Bonchev–Trinajstić information content (AvgIpc) is 2.17. The van der Waals surface area contributed by atoms with E-state index in [1.54, 1.807) is 6.07 Å². The van der Waals surface area contributed by atoms with Crippen LogP contribution in [0.5, 0.6) is 11.5 Å². The van der Waals surface area contributed by atoms with Gasteiger partial charge >= 0.3 is 0 Å². The van der Waals surface area contributed by atoms with Crippen LogP contribution in [0.4, 0.5) is 0 Å². The summed E-state index contributed by atoms with van der Waals surface area (Å²) in [4.78, 5) is 11.1. The van der Waals surface area contributed by atoms with Gasteiger partial charge < -0.3 is 15.2 Å². The van der Waals surface area contributed by atoms with Crippen molar-refractivity contribution in [2.45, 2.75) is 0 Å². The molecule has 1 aromatic rings. The Morgan fingerprint density at radius 1 is 1.27 bits per heavy atom. The molecule has 0 aliphatic heterocycles. The molecule has 0 spiro atoms. The van der Waals surface area contributed by atoms with E-state index in [1.807, 2.05) is 0 Å². The van der Waals surface area contributed by atoms with Gasteiger partial charge in [-0.1, -0.05) is 0 Å². The second-order valence-corrected chi connectivity index (χ2v) is 4.30. The van der Waals surface area contributed by atoms with Gasteiger partial charge in [0, 0.05) is 0 Å². The maximum atomic E-state index is 11.1. The fourth-order valence-corrected chi connectivity index (χ4v) is 2.76. The molecule has 0 atom stereocenters. The Balaban J connectivity index is 3.51. The quantitative estimate of drug-likeness (QED) is 0.920. The van der Waals surface area contributed by atoms with Crippen molar-refractivity contribution < 1.29 is 14.3 Å². The second kappa shape index (κ2) is 4.85. The van der Waals surface area contributed by atoms with Crippen molar-refractivity contribution in [1.82, 2.24) is 0 Å². The molecule has 0 unspecified atom stereocenters. The molecule has 4 nitrogen and oxygen atoms in total. The summed E-state index contributed by atoms with van der Waals surface area (Å²) in [6.45, 7) is 0. The third-order valence-corrected chi connectivity index (χ3v) is 3.11. The molecule has 0 heterocycles. The number of primary amides is 1. The van der Waals surface area contributed by atoms with Gasteiger partial charge in [0.05, 0.1) is 24.3 Å². The summed E-state index contributed by atoms with van der Waals surface area (Å²) in [5.41, 5.74) is 5.51. The molecule has 0 bridgehead atoms. The molecule has 1 rings (SSSR count). The second-order valence-electron chi connectivity index (χ2n) is 2.65. The molecule has 0 radical (unpaired) electrons. The minimum Gasteiger partial charge on any atom is -0.495 e. The number of carbonyl (C=O) groups is 1. The van der Waals surface area contributed by atoms with Gasteiger partial charge in [0.15, 0.2) is 5.75 Å². The highest BCUT2D eigenvalue weighted by atomic mass is 79.9. The van der Waals surface area contributed by atoms with Crippen LogP contribution in [0.25, 0.3) is 0 Å². The Morgan fingerprint density at radius 3 is 2.20 bits per heavy atom. The first kappa shape index (κ1) is 12.3. The van der Waals surface area contributed by atoms with Crippen molar-refractivity contribution in [2.24, 2.45) is 5.73 Å². The highest BCUT2D eigenvalue weighted by molar-refractivity contribution is 9.11. The summed E-state index contributed by atoms with van der Waals surface area (Å²) in [5, 5.41) is 0. The lowest BCUT2D eigenvalue weighted by atomic mass is 10.2. The third-order valence-electron chi connectivity index (χ3n) is 1.81. The summed E-state index contributed by atoms with van der Waals surface area (Å²) in [6.07, 6.45) is 0. The number of amides is 1. The Bertz CT molecular complexity index is 407. The van der Waals surface area contributed by atoms with Crippen molar-refractivity contribution in [3.05, 3.63) is 20.6 Å². The Labute approximate surface area is 104 Å². The van der Waals surface area contributed by atoms with E-state index in [0.29, 0.717) is 20.4 Å². The molecular formula is C9H9Br2NO3. The predicted molar refractivity (Wildman–Crippen MR) is 63.5 cm³/mol. The Hall–Kier alpha value is -0.750. The van der Waals surface area contributed by atoms with Gasteiger partial charge in [-0.05, 0) is 37.9 Å². The lowest BCUT2D eigenvalue weighted by Crippen LogP contribution is -2.13. The monoisotopic (exact) mass is 337 g/mol.